The van der Waals surface area contributed by atoms with E-state index in [1.54, 1.807) is 0 Å². The summed E-state index contributed by atoms with van der Waals surface area (Å²) in [7, 11) is 0. The minimum absolute atomic E-state index is 0.0899. The fraction of sp³-hybridized carbons (Fsp3) is 0.143. The van der Waals surface area contributed by atoms with Crippen molar-refractivity contribution in [3.63, 3.8) is 0 Å². The maximum Gasteiger partial charge on any atom is 0.0639 e. The lowest BCUT2D eigenvalue weighted by Crippen LogP contribution is -2.30. The molecule has 140 valence electrons. The average Bonchev–Trinajstić information content (AvgIpc) is 3.04. The molecular weight excluding hydrogens is 350 g/mol. The average molecular weight is 373 g/mol. The van der Waals surface area contributed by atoms with Gasteiger partial charge in [0.2, 0.25) is 0 Å². The molecule has 0 aromatic heterocycles. The monoisotopic (exact) mass is 373 g/mol. The Balaban J connectivity index is 1.73. The van der Waals surface area contributed by atoms with Crippen LogP contribution in [0.15, 0.2) is 97.1 Å². The summed E-state index contributed by atoms with van der Waals surface area (Å²) in [4.78, 5) is 2.38. The number of hydrogen-bond donors (Lipinski definition) is 0. The maximum atomic E-state index is 3.36. The van der Waals surface area contributed by atoms with Gasteiger partial charge in [0.25, 0.3) is 0 Å². The van der Waals surface area contributed by atoms with E-state index < -0.39 is 0 Å². The number of hydrogen-bond acceptors (Lipinski definition) is 1. The summed E-state index contributed by atoms with van der Waals surface area (Å²) >= 11 is 0. The molecule has 0 saturated carbocycles. The highest BCUT2D eigenvalue weighted by Gasteiger charge is 2.37. The van der Waals surface area contributed by atoms with Gasteiger partial charge in [0.1, 0.15) is 0 Å². The molecule has 5 rings (SSSR count). The fourth-order valence-corrected chi connectivity index (χ4v) is 4.43. The van der Waals surface area contributed by atoms with Crippen molar-refractivity contribution in [1.82, 2.24) is 0 Å². The van der Waals surface area contributed by atoms with Gasteiger partial charge in [-0.05, 0) is 47.0 Å². The molecule has 0 fully saturated rings. The van der Waals surface area contributed by atoms with Gasteiger partial charge in [-0.25, -0.2) is 0 Å². The van der Waals surface area contributed by atoms with E-state index in [4.69, 9.17) is 0 Å². The van der Waals surface area contributed by atoms with Crippen molar-refractivity contribution in [2.24, 2.45) is 0 Å². The van der Waals surface area contributed by atoms with Crippen LogP contribution in [0.5, 0.6) is 0 Å². The minimum atomic E-state index is -0.0899. The molecule has 2 aliphatic rings. The van der Waals surface area contributed by atoms with E-state index in [9.17, 15) is 0 Å². The molecule has 1 unspecified atom stereocenters. The summed E-state index contributed by atoms with van der Waals surface area (Å²) in [5.74, 6) is 6.62. The molecule has 0 N–H and O–H groups in total. The molecule has 1 nitrogen and oxygen atoms in total. The number of allylic oxidation sites excluding steroid dienone is 4. The lowest BCUT2D eigenvalue weighted by molar-refractivity contribution is 0.630. The Morgan fingerprint density at radius 1 is 0.793 bits per heavy atom. The third-order valence-corrected chi connectivity index (χ3v) is 5.96. The number of anilines is 3. The molecule has 1 aliphatic carbocycles. The lowest BCUT2D eigenvalue weighted by Gasteiger charge is -2.42. The highest BCUT2D eigenvalue weighted by atomic mass is 15.2. The summed E-state index contributed by atoms with van der Waals surface area (Å²) in [6.45, 7) is 4.65. The molecule has 1 heterocycles. The molecule has 0 amide bonds. The van der Waals surface area contributed by atoms with Crippen molar-refractivity contribution < 1.29 is 0 Å². The number of fused-ring (bicyclic) bond motifs is 2. The standard InChI is InChI=1S/C28H23N/c1-28(2)24-16-10-11-17-26(24)29(23-14-8-5-9-15-23)27-19-18-22(20-25(27)28)21-12-6-3-4-7-13-21/h3-6,8-12,14-21H,1-2H3. The quantitative estimate of drug-likeness (QED) is 0.437. The molecule has 0 bridgehead atoms. The van der Waals surface area contributed by atoms with Crippen LogP contribution in [0.3, 0.4) is 0 Å². The van der Waals surface area contributed by atoms with Gasteiger partial charge in [0.15, 0.2) is 0 Å². The third kappa shape index (κ3) is 2.89. The summed E-state index contributed by atoms with van der Waals surface area (Å²) < 4.78 is 0. The molecule has 1 atom stereocenters. The SMILES string of the molecule is CC1(C)c2ccccc2N(c2ccccc2)c2ccc(C3C#CC=CC=C3)cc21. The van der Waals surface area contributed by atoms with E-state index in [1.807, 2.05) is 12.2 Å². The third-order valence-electron chi connectivity index (χ3n) is 5.96. The molecule has 0 spiro atoms. The Morgan fingerprint density at radius 3 is 2.41 bits per heavy atom. The second-order valence-electron chi connectivity index (χ2n) is 8.10. The van der Waals surface area contributed by atoms with Crippen molar-refractivity contribution in [3.05, 3.63) is 114 Å². The van der Waals surface area contributed by atoms with E-state index in [0.29, 0.717) is 0 Å². The van der Waals surface area contributed by atoms with E-state index >= 15 is 0 Å². The van der Waals surface area contributed by atoms with Gasteiger partial charge in [-0.2, -0.15) is 0 Å². The smallest absolute Gasteiger partial charge is 0.0639 e. The molecule has 0 radical (unpaired) electrons. The van der Waals surface area contributed by atoms with E-state index in [2.05, 4.69) is 116 Å². The van der Waals surface area contributed by atoms with Crippen molar-refractivity contribution >= 4 is 17.1 Å². The largest absolute Gasteiger partial charge is 0.310 e. The highest BCUT2D eigenvalue weighted by Crippen LogP contribution is 2.52. The Labute approximate surface area is 173 Å². The number of nitrogens with zero attached hydrogens (tertiary/aromatic N) is 1. The van der Waals surface area contributed by atoms with Gasteiger partial charge in [0.05, 0.1) is 17.3 Å². The van der Waals surface area contributed by atoms with Crippen molar-refractivity contribution in [2.45, 2.75) is 25.2 Å². The van der Waals surface area contributed by atoms with Gasteiger partial charge in [0, 0.05) is 11.1 Å². The van der Waals surface area contributed by atoms with Crippen LogP contribution in [0.25, 0.3) is 0 Å². The Kier molecular flexibility index (Phi) is 4.14. The summed E-state index contributed by atoms with van der Waals surface area (Å²) in [5, 5.41) is 0. The van der Waals surface area contributed by atoms with Crippen LogP contribution in [-0.2, 0) is 5.41 Å². The van der Waals surface area contributed by atoms with Crippen LogP contribution >= 0.6 is 0 Å². The van der Waals surface area contributed by atoms with Crippen molar-refractivity contribution in [1.29, 1.82) is 0 Å². The number of benzene rings is 3. The van der Waals surface area contributed by atoms with Gasteiger partial charge < -0.3 is 4.90 Å². The Bertz CT molecular complexity index is 1190. The Hall–Kier alpha value is -3.50. The van der Waals surface area contributed by atoms with Crippen LogP contribution in [0.2, 0.25) is 0 Å². The predicted molar refractivity (Wildman–Crippen MR) is 122 cm³/mol. The fourth-order valence-electron chi connectivity index (χ4n) is 4.43. The zero-order valence-electron chi connectivity index (χ0n) is 16.8. The minimum Gasteiger partial charge on any atom is -0.310 e. The molecule has 1 aliphatic heterocycles. The molecular formula is C28H23N. The van der Waals surface area contributed by atoms with Crippen LogP contribution in [0, 0.1) is 11.8 Å². The highest BCUT2D eigenvalue weighted by molar-refractivity contribution is 5.86. The van der Waals surface area contributed by atoms with Gasteiger partial charge >= 0.3 is 0 Å². The van der Waals surface area contributed by atoms with Crippen LogP contribution in [0.4, 0.5) is 17.1 Å². The molecule has 0 saturated heterocycles. The number of rotatable bonds is 2. The number of para-hydroxylation sites is 2. The van der Waals surface area contributed by atoms with Gasteiger partial charge in [-0.1, -0.05) is 92.4 Å². The summed E-state index contributed by atoms with van der Waals surface area (Å²) in [6, 6.07) is 26.2. The lowest BCUT2D eigenvalue weighted by atomic mass is 9.72. The summed E-state index contributed by atoms with van der Waals surface area (Å²) in [6.07, 6.45) is 8.17. The zero-order valence-corrected chi connectivity index (χ0v) is 16.8. The van der Waals surface area contributed by atoms with Crippen LogP contribution < -0.4 is 4.90 Å². The zero-order chi connectivity index (χ0) is 19.8. The molecule has 3 aromatic rings. The van der Waals surface area contributed by atoms with E-state index in [0.717, 1.165) is 0 Å². The molecule has 3 aromatic carbocycles. The van der Waals surface area contributed by atoms with Gasteiger partial charge in [-0.3, -0.25) is 0 Å². The van der Waals surface area contributed by atoms with E-state index in [-0.39, 0.29) is 11.3 Å². The normalized spacial score (nSPS) is 18.3. The van der Waals surface area contributed by atoms with Crippen LogP contribution in [-0.4, -0.2) is 0 Å². The van der Waals surface area contributed by atoms with Crippen LogP contribution in [0.1, 0.15) is 36.5 Å². The van der Waals surface area contributed by atoms with Crippen molar-refractivity contribution in [2.75, 3.05) is 4.90 Å². The topological polar surface area (TPSA) is 3.24 Å². The second-order valence-corrected chi connectivity index (χ2v) is 8.10. The first kappa shape index (κ1) is 17.6. The van der Waals surface area contributed by atoms with Crippen molar-refractivity contribution in [3.8, 4) is 11.8 Å². The predicted octanol–water partition coefficient (Wildman–Crippen LogP) is 7.01. The summed E-state index contributed by atoms with van der Waals surface area (Å²) in [5.41, 5.74) is 7.52. The first-order chi connectivity index (χ1) is 14.2. The first-order valence-corrected chi connectivity index (χ1v) is 10.1. The van der Waals surface area contributed by atoms with E-state index in [1.165, 1.54) is 33.8 Å². The molecule has 1 heteroatoms. The molecule has 29 heavy (non-hydrogen) atoms. The van der Waals surface area contributed by atoms with Gasteiger partial charge in [-0.15, -0.1) is 0 Å². The Morgan fingerprint density at radius 2 is 1.55 bits per heavy atom. The second kappa shape index (κ2) is 6.83. The maximum absolute atomic E-state index is 3.36. The first-order valence-electron chi connectivity index (χ1n) is 10.1.